The molecule has 0 radical (unpaired) electrons. The molecule has 0 aliphatic heterocycles. The van der Waals surface area contributed by atoms with E-state index in [1.807, 2.05) is 13.8 Å². The van der Waals surface area contributed by atoms with Gasteiger partial charge in [-0.1, -0.05) is 20.8 Å². The average molecular weight is 281 g/mol. The van der Waals surface area contributed by atoms with Crippen LogP contribution >= 0.6 is 0 Å². The fourth-order valence-electron chi connectivity index (χ4n) is 1.73. The van der Waals surface area contributed by atoms with Crippen molar-refractivity contribution in [3.63, 3.8) is 0 Å². The molecule has 114 valence electrons. The van der Waals surface area contributed by atoms with Crippen LogP contribution in [0.25, 0.3) is 0 Å². The van der Waals surface area contributed by atoms with Crippen molar-refractivity contribution in [3.05, 3.63) is 11.4 Å². The zero-order chi connectivity index (χ0) is 15.0. The summed E-state index contributed by atoms with van der Waals surface area (Å²) in [6.07, 6.45) is 1.73. The topological polar surface area (TPSA) is 85.1 Å². The highest BCUT2D eigenvalue weighted by Gasteiger charge is 2.08. The second-order valence-electron chi connectivity index (χ2n) is 5.21. The van der Waals surface area contributed by atoms with E-state index >= 15 is 0 Å². The molecule has 0 aliphatic rings. The highest BCUT2D eigenvalue weighted by atomic mass is 16.5. The van der Waals surface area contributed by atoms with Gasteiger partial charge in [-0.05, 0) is 19.3 Å². The molecular weight excluding hydrogens is 254 g/mol. The molecule has 0 amide bonds. The fourth-order valence-corrected chi connectivity index (χ4v) is 1.73. The number of nitrogen functional groups attached to an aromatic ring is 1. The van der Waals surface area contributed by atoms with Gasteiger partial charge in [-0.2, -0.15) is 0 Å². The first kappa shape index (κ1) is 16.7. The maximum atomic E-state index is 5.55. The van der Waals surface area contributed by atoms with Crippen LogP contribution in [0.15, 0.2) is 0 Å². The summed E-state index contributed by atoms with van der Waals surface area (Å²) in [6.45, 7) is 10.7. The van der Waals surface area contributed by atoms with Gasteiger partial charge in [-0.3, -0.25) is 0 Å². The monoisotopic (exact) mass is 281 g/mol. The quantitative estimate of drug-likeness (QED) is 0.365. The number of anilines is 2. The number of rotatable bonds is 9. The number of hydrogen-bond acceptors (Lipinski definition) is 6. The van der Waals surface area contributed by atoms with Crippen LogP contribution in [-0.2, 0) is 11.2 Å². The Labute approximate surface area is 121 Å². The van der Waals surface area contributed by atoms with E-state index in [1.54, 1.807) is 0 Å². The Morgan fingerprint density at radius 2 is 1.95 bits per heavy atom. The number of nitrogens with zero attached hydrogens (tertiary/aromatic N) is 2. The van der Waals surface area contributed by atoms with Crippen LogP contribution in [0.1, 0.15) is 38.6 Å². The second kappa shape index (κ2) is 8.71. The number of hydrogen-bond donors (Lipinski definition) is 3. The number of nitrogens with one attached hydrogen (secondary N) is 2. The van der Waals surface area contributed by atoms with E-state index in [1.165, 1.54) is 0 Å². The molecule has 1 aromatic heterocycles. The Morgan fingerprint density at radius 3 is 2.55 bits per heavy atom. The average Bonchev–Trinajstić information content (AvgIpc) is 2.43. The lowest BCUT2D eigenvalue weighted by atomic mass is 10.2. The van der Waals surface area contributed by atoms with Gasteiger partial charge in [0.05, 0.1) is 0 Å². The zero-order valence-electron chi connectivity index (χ0n) is 13.0. The predicted octanol–water partition coefficient (Wildman–Crippen LogP) is 2.11. The maximum Gasteiger partial charge on any atom is 0.148 e. The number of ether oxygens (including phenoxy) is 1. The molecule has 6 nitrogen and oxygen atoms in total. The fraction of sp³-hybridized carbons (Fsp3) is 0.714. The standard InChI is InChI=1S/C14H27N5O/c1-5-12-17-13(11(4)14(18-12)19-15)16-7-6-8-20-9-10(2)3/h10H,5-9,15H2,1-4H3,(H2,16,17,18,19). The van der Waals surface area contributed by atoms with Gasteiger partial charge in [0.15, 0.2) is 0 Å². The van der Waals surface area contributed by atoms with Gasteiger partial charge < -0.3 is 15.5 Å². The van der Waals surface area contributed by atoms with Crippen LogP contribution in [0.4, 0.5) is 11.6 Å². The minimum Gasteiger partial charge on any atom is -0.381 e. The molecule has 0 bridgehead atoms. The van der Waals surface area contributed by atoms with Crippen molar-refractivity contribution in [3.8, 4) is 0 Å². The summed E-state index contributed by atoms with van der Waals surface area (Å²) in [5.41, 5.74) is 3.56. The lowest BCUT2D eigenvalue weighted by Gasteiger charge is -2.13. The van der Waals surface area contributed by atoms with E-state index in [0.717, 1.165) is 49.8 Å². The maximum absolute atomic E-state index is 5.55. The van der Waals surface area contributed by atoms with E-state index in [-0.39, 0.29) is 0 Å². The number of aromatic nitrogens is 2. The van der Waals surface area contributed by atoms with E-state index in [4.69, 9.17) is 10.6 Å². The van der Waals surface area contributed by atoms with Gasteiger partial charge in [0.2, 0.25) is 0 Å². The third-order valence-electron chi connectivity index (χ3n) is 2.85. The van der Waals surface area contributed by atoms with Gasteiger partial charge >= 0.3 is 0 Å². The van der Waals surface area contributed by atoms with Crippen molar-refractivity contribution in [2.75, 3.05) is 30.5 Å². The highest BCUT2D eigenvalue weighted by molar-refractivity contribution is 5.56. The predicted molar refractivity (Wildman–Crippen MR) is 82.7 cm³/mol. The van der Waals surface area contributed by atoms with E-state index in [0.29, 0.717) is 11.7 Å². The van der Waals surface area contributed by atoms with Gasteiger partial charge in [-0.15, -0.1) is 0 Å². The first-order valence-electron chi connectivity index (χ1n) is 7.24. The minimum atomic E-state index is 0.581. The third kappa shape index (κ3) is 5.30. The highest BCUT2D eigenvalue weighted by Crippen LogP contribution is 2.19. The second-order valence-corrected chi connectivity index (χ2v) is 5.21. The number of aryl methyl sites for hydroxylation is 1. The number of nitrogens with two attached hydrogens (primary N) is 1. The van der Waals surface area contributed by atoms with Gasteiger partial charge in [-0.25, -0.2) is 15.8 Å². The largest absolute Gasteiger partial charge is 0.381 e. The molecule has 0 saturated carbocycles. The molecule has 0 unspecified atom stereocenters. The molecule has 0 aromatic carbocycles. The lowest BCUT2D eigenvalue weighted by molar-refractivity contribution is 0.110. The Morgan fingerprint density at radius 1 is 1.25 bits per heavy atom. The normalized spacial score (nSPS) is 10.9. The van der Waals surface area contributed by atoms with Crippen LogP contribution in [0.2, 0.25) is 0 Å². The Balaban J connectivity index is 2.46. The van der Waals surface area contributed by atoms with Gasteiger partial charge in [0.25, 0.3) is 0 Å². The van der Waals surface area contributed by atoms with Crippen LogP contribution in [0.3, 0.4) is 0 Å². The molecule has 6 heteroatoms. The summed E-state index contributed by atoms with van der Waals surface area (Å²) >= 11 is 0. The van der Waals surface area contributed by atoms with Gasteiger partial charge in [0, 0.05) is 31.7 Å². The molecule has 0 saturated heterocycles. The summed E-state index contributed by atoms with van der Waals surface area (Å²) in [6, 6.07) is 0. The van der Waals surface area contributed by atoms with E-state index < -0.39 is 0 Å². The molecular formula is C14H27N5O. The molecule has 1 aromatic rings. The smallest absolute Gasteiger partial charge is 0.148 e. The SMILES string of the molecule is CCc1nc(NN)c(C)c(NCCCOCC(C)C)n1. The van der Waals surface area contributed by atoms with Crippen LogP contribution in [0.5, 0.6) is 0 Å². The summed E-state index contributed by atoms with van der Waals surface area (Å²) in [4.78, 5) is 8.82. The van der Waals surface area contributed by atoms with E-state index in [9.17, 15) is 0 Å². The summed E-state index contributed by atoms with van der Waals surface area (Å²) in [5, 5.41) is 3.32. The first-order chi connectivity index (χ1) is 9.58. The van der Waals surface area contributed by atoms with Crippen molar-refractivity contribution in [1.29, 1.82) is 0 Å². The molecule has 0 fully saturated rings. The molecule has 0 atom stereocenters. The molecule has 4 N–H and O–H groups in total. The Bertz CT molecular complexity index is 409. The minimum absolute atomic E-state index is 0.581. The molecule has 1 heterocycles. The van der Waals surface area contributed by atoms with Crippen LogP contribution in [-0.4, -0.2) is 29.7 Å². The molecule has 20 heavy (non-hydrogen) atoms. The van der Waals surface area contributed by atoms with Crippen molar-refractivity contribution in [2.45, 2.75) is 40.5 Å². The number of hydrazine groups is 1. The summed E-state index contributed by atoms with van der Waals surface area (Å²) in [7, 11) is 0. The van der Waals surface area contributed by atoms with Crippen molar-refractivity contribution >= 4 is 11.6 Å². The molecule has 1 rings (SSSR count). The molecule has 0 aliphatic carbocycles. The third-order valence-corrected chi connectivity index (χ3v) is 2.85. The lowest BCUT2D eigenvalue weighted by Crippen LogP contribution is -2.16. The first-order valence-corrected chi connectivity index (χ1v) is 7.24. The van der Waals surface area contributed by atoms with E-state index in [2.05, 4.69) is 34.6 Å². The van der Waals surface area contributed by atoms with Crippen molar-refractivity contribution in [2.24, 2.45) is 11.8 Å². The van der Waals surface area contributed by atoms with Crippen molar-refractivity contribution < 1.29 is 4.74 Å². The van der Waals surface area contributed by atoms with Crippen molar-refractivity contribution in [1.82, 2.24) is 9.97 Å². The Kier molecular flexibility index (Phi) is 7.25. The zero-order valence-corrected chi connectivity index (χ0v) is 13.0. The summed E-state index contributed by atoms with van der Waals surface area (Å²) in [5.74, 6) is 8.36. The molecule has 0 spiro atoms. The van der Waals surface area contributed by atoms with Crippen LogP contribution in [0, 0.1) is 12.8 Å². The summed E-state index contributed by atoms with van der Waals surface area (Å²) < 4.78 is 5.55. The van der Waals surface area contributed by atoms with Crippen LogP contribution < -0.4 is 16.6 Å². The van der Waals surface area contributed by atoms with Gasteiger partial charge in [0.1, 0.15) is 17.5 Å². The Hall–Kier alpha value is -1.40.